The molecule has 1 unspecified atom stereocenters. The monoisotopic (exact) mass is 796 g/mol. The summed E-state index contributed by atoms with van der Waals surface area (Å²) < 4.78 is 33.8. The Balaban J connectivity index is 4.48. The molecule has 0 rings (SSSR count). The minimum Gasteiger partial charge on any atom is -0.756 e. The quantitative estimate of drug-likeness (QED) is 0.0114. The van der Waals surface area contributed by atoms with Gasteiger partial charge in [0.05, 0.1) is 27.7 Å². The lowest BCUT2D eigenvalue weighted by Crippen LogP contribution is -2.37. The van der Waals surface area contributed by atoms with E-state index in [0.29, 0.717) is 30.3 Å². The molecule has 0 spiro atoms. The molecular weight excluding hydrogens is 717 g/mol. The van der Waals surface area contributed by atoms with E-state index in [9.17, 15) is 23.8 Å². The van der Waals surface area contributed by atoms with Crippen molar-refractivity contribution in [1.82, 2.24) is 0 Å². The first-order valence-corrected chi connectivity index (χ1v) is 22.8. The highest BCUT2D eigenvalue weighted by Crippen LogP contribution is 2.38. The van der Waals surface area contributed by atoms with Crippen molar-refractivity contribution in [2.24, 2.45) is 0 Å². The van der Waals surface area contributed by atoms with Crippen molar-refractivity contribution < 1.29 is 46.8 Å². The van der Waals surface area contributed by atoms with Crippen LogP contribution in [-0.4, -0.2) is 75.8 Å². The van der Waals surface area contributed by atoms with E-state index in [1.54, 1.807) is 6.08 Å². The molecule has 0 aliphatic rings. The van der Waals surface area contributed by atoms with E-state index >= 15 is 0 Å². The fraction of sp³-hybridized carbons (Fsp3) is 0.750. The van der Waals surface area contributed by atoms with Crippen molar-refractivity contribution in [3.8, 4) is 0 Å². The molecule has 0 aromatic carbocycles. The molecule has 0 aliphatic heterocycles. The molecule has 0 saturated carbocycles. The van der Waals surface area contributed by atoms with Gasteiger partial charge in [0.1, 0.15) is 19.8 Å². The number of quaternary nitrogens is 1. The third kappa shape index (κ3) is 39.7. The van der Waals surface area contributed by atoms with Crippen molar-refractivity contribution in [2.45, 2.75) is 168 Å². The number of hydrogen-bond acceptors (Lipinski definition) is 9. The van der Waals surface area contributed by atoms with Crippen LogP contribution in [0.4, 0.5) is 0 Å². The number of carbonyl (C=O) groups is 3. The molecule has 0 aliphatic carbocycles. The molecule has 0 aromatic rings. The second kappa shape index (κ2) is 36.0. The first kappa shape index (κ1) is 52.6. The molecule has 318 valence electrons. The lowest BCUT2D eigenvalue weighted by molar-refractivity contribution is -0.870. The van der Waals surface area contributed by atoms with E-state index in [-0.39, 0.29) is 31.8 Å². The maximum absolute atomic E-state index is 12.6. The fourth-order valence-electron chi connectivity index (χ4n) is 5.37. The minimum absolute atomic E-state index is 0.0496. The van der Waals surface area contributed by atoms with Crippen LogP contribution in [0, 0.1) is 0 Å². The zero-order valence-corrected chi connectivity index (χ0v) is 36.3. The first-order chi connectivity index (χ1) is 26.4. The molecule has 55 heavy (non-hydrogen) atoms. The molecule has 0 aromatic heterocycles. The van der Waals surface area contributed by atoms with Crippen LogP contribution in [0.1, 0.15) is 162 Å². The summed E-state index contributed by atoms with van der Waals surface area (Å²) in [5, 5.41) is 0. The lowest BCUT2D eigenvalue weighted by atomic mass is 10.1. The molecule has 0 amide bonds. The molecule has 10 nitrogen and oxygen atoms in total. The van der Waals surface area contributed by atoms with E-state index in [1.807, 2.05) is 33.3 Å². The average Bonchev–Trinajstić information content (AvgIpc) is 3.12. The number of hydrogen-bond donors (Lipinski definition) is 0. The van der Waals surface area contributed by atoms with E-state index in [1.165, 1.54) is 19.3 Å². The second-order valence-electron chi connectivity index (χ2n) is 15.4. The van der Waals surface area contributed by atoms with Gasteiger partial charge in [-0.05, 0) is 70.3 Å². The van der Waals surface area contributed by atoms with Crippen LogP contribution in [-0.2, 0) is 37.5 Å². The Hall–Kier alpha value is -2.36. The highest BCUT2D eigenvalue weighted by molar-refractivity contribution is 7.45. The summed E-state index contributed by atoms with van der Waals surface area (Å²) in [4.78, 5) is 49.2. The zero-order chi connectivity index (χ0) is 40.9. The van der Waals surface area contributed by atoms with Crippen molar-refractivity contribution in [2.75, 3.05) is 47.5 Å². The van der Waals surface area contributed by atoms with Crippen LogP contribution in [0.25, 0.3) is 0 Å². The molecule has 2 atom stereocenters. The van der Waals surface area contributed by atoms with Gasteiger partial charge in [0, 0.05) is 19.3 Å². The van der Waals surface area contributed by atoms with Gasteiger partial charge in [0.25, 0.3) is 7.82 Å². The van der Waals surface area contributed by atoms with Gasteiger partial charge in [0.15, 0.2) is 11.9 Å². The molecule has 0 fully saturated rings. The number of ketones is 1. The van der Waals surface area contributed by atoms with Gasteiger partial charge < -0.3 is 27.9 Å². The summed E-state index contributed by atoms with van der Waals surface area (Å²) >= 11 is 0. The van der Waals surface area contributed by atoms with Crippen LogP contribution in [0.5, 0.6) is 0 Å². The summed E-state index contributed by atoms with van der Waals surface area (Å²) in [6.45, 7) is 3.96. The number of carbonyl (C=O) groups excluding carboxylic acids is 3. The molecule has 0 heterocycles. The van der Waals surface area contributed by atoms with E-state index in [2.05, 4.69) is 44.2 Å². The van der Waals surface area contributed by atoms with E-state index in [4.69, 9.17) is 18.5 Å². The number of nitrogens with zero attached hydrogens (tertiary/aromatic N) is 1. The normalized spacial score (nSPS) is 14.0. The van der Waals surface area contributed by atoms with Crippen LogP contribution < -0.4 is 4.89 Å². The Labute approximate surface area is 335 Å². The number of unbranched alkanes of at least 4 members (excludes halogenated alkanes) is 15. The molecule has 11 heteroatoms. The maximum atomic E-state index is 12.6. The number of phosphoric acid groups is 1. The van der Waals surface area contributed by atoms with Crippen molar-refractivity contribution in [1.29, 1.82) is 0 Å². The molecule has 0 bridgehead atoms. The van der Waals surface area contributed by atoms with Gasteiger partial charge in [-0.1, -0.05) is 121 Å². The average molecular weight is 796 g/mol. The lowest BCUT2D eigenvalue weighted by Gasteiger charge is -2.28. The van der Waals surface area contributed by atoms with Crippen molar-refractivity contribution in [3.05, 3.63) is 48.6 Å². The molecule has 0 saturated heterocycles. The Bertz CT molecular complexity index is 1140. The summed E-state index contributed by atoms with van der Waals surface area (Å²) in [5.74, 6) is -0.740. The SMILES string of the molecule is CCCCC/C=C\C/C=C\CCCCCCCC(=O)O[C@H](COC(=O)CCCCCCC/C=C\C=C\C(=O)CCCCC)COP(=O)([O-])OCC[N+](C)(C)C. The standard InChI is InChI=1S/C44H78NO9P/c1-6-8-10-11-12-13-14-15-16-17-18-21-25-28-32-36-44(48)54-42(40-53-55(49,50)52-38-37-45(3,4)5)39-51-43(47)35-31-27-24-22-19-20-23-26-30-34-41(46)33-29-9-7-2/h12-13,15-16,23,26,30,34,42H,6-11,14,17-22,24-25,27-29,31-33,35-40H2,1-5H3/b13-12-,16-15-,26-23-,34-30+/t42-/m1/s1. The highest BCUT2D eigenvalue weighted by Gasteiger charge is 2.21. The molecule has 0 N–H and O–H groups in total. The van der Waals surface area contributed by atoms with E-state index < -0.39 is 32.5 Å². The maximum Gasteiger partial charge on any atom is 0.306 e. The van der Waals surface area contributed by atoms with Gasteiger partial charge in [-0.25, -0.2) is 0 Å². The van der Waals surface area contributed by atoms with Crippen molar-refractivity contribution >= 4 is 25.5 Å². The predicted molar refractivity (Wildman–Crippen MR) is 222 cm³/mol. The number of likely N-dealkylation sites (N-methyl/N-ethyl adjacent to an activating group) is 1. The third-order valence-electron chi connectivity index (χ3n) is 8.80. The van der Waals surface area contributed by atoms with Crippen LogP contribution in [0.3, 0.4) is 0 Å². The molecular formula is C44H78NO9P. The van der Waals surface area contributed by atoms with Gasteiger partial charge >= 0.3 is 11.9 Å². The topological polar surface area (TPSA) is 128 Å². The Morgan fingerprint density at radius 2 is 1.15 bits per heavy atom. The second-order valence-corrected chi connectivity index (χ2v) is 16.8. The fourth-order valence-corrected chi connectivity index (χ4v) is 6.10. The van der Waals surface area contributed by atoms with Gasteiger partial charge in [-0.15, -0.1) is 0 Å². The predicted octanol–water partition coefficient (Wildman–Crippen LogP) is 10.5. The van der Waals surface area contributed by atoms with Crippen LogP contribution in [0.15, 0.2) is 48.6 Å². The minimum atomic E-state index is -4.65. The number of ether oxygens (including phenoxy) is 2. The highest BCUT2D eigenvalue weighted by atomic mass is 31.2. The smallest absolute Gasteiger partial charge is 0.306 e. The Morgan fingerprint density at radius 1 is 0.618 bits per heavy atom. The van der Waals surface area contributed by atoms with Crippen molar-refractivity contribution in [3.63, 3.8) is 0 Å². The van der Waals surface area contributed by atoms with Crippen LogP contribution in [0.2, 0.25) is 0 Å². The largest absolute Gasteiger partial charge is 0.756 e. The summed E-state index contributed by atoms with van der Waals surface area (Å²) in [6.07, 6.45) is 36.8. The number of esters is 2. The Morgan fingerprint density at radius 3 is 1.76 bits per heavy atom. The number of rotatable bonds is 38. The number of allylic oxidation sites excluding steroid dienone is 8. The molecule has 0 radical (unpaired) electrons. The number of phosphoric ester groups is 1. The van der Waals surface area contributed by atoms with Gasteiger partial charge in [-0.2, -0.15) is 0 Å². The summed E-state index contributed by atoms with van der Waals surface area (Å²) in [5.41, 5.74) is 0. The zero-order valence-electron chi connectivity index (χ0n) is 35.4. The third-order valence-corrected chi connectivity index (χ3v) is 9.76. The summed E-state index contributed by atoms with van der Waals surface area (Å²) in [7, 11) is 1.10. The van der Waals surface area contributed by atoms with Gasteiger partial charge in [0.2, 0.25) is 0 Å². The van der Waals surface area contributed by atoms with Gasteiger partial charge in [-0.3, -0.25) is 18.9 Å². The van der Waals surface area contributed by atoms with Crippen LogP contribution >= 0.6 is 7.82 Å². The first-order valence-electron chi connectivity index (χ1n) is 21.3. The Kier molecular flexibility index (Phi) is 34.5. The summed E-state index contributed by atoms with van der Waals surface area (Å²) in [6, 6.07) is 0. The van der Waals surface area contributed by atoms with E-state index in [0.717, 1.165) is 96.3 Å².